The zero-order valence-corrected chi connectivity index (χ0v) is 23.8. The topological polar surface area (TPSA) is 156 Å². The summed E-state index contributed by atoms with van der Waals surface area (Å²) in [4.78, 5) is 51.6. The smallest absolute Gasteiger partial charge is 0.326 e. The fourth-order valence-corrected chi connectivity index (χ4v) is 5.03. The number of benzene rings is 1. The highest BCUT2D eigenvalue weighted by Crippen LogP contribution is 2.20. The average Bonchev–Trinajstić information content (AvgIpc) is 3.43. The number of nitrogens with zero attached hydrogens (tertiary/aromatic N) is 1. The van der Waals surface area contributed by atoms with E-state index in [0.29, 0.717) is 31.4 Å². The van der Waals surface area contributed by atoms with Crippen molar-refractivity contribution in [1.29, 1.82) is 0 Å². The first-order chi connectivity index (χ1) is 19.3. The highest BCUT2D eigenvalue weighted by Gasteiger charge is 2.38. The molecule has 0 radical (unpaired) electrons. The SMILES string of the molecule is CCCCCCCCCCCC(=O)CN[C@@H](CO)C(=O)N1CCC[C@H]1C(=O)N[C@@H](Cc1ccc(O)cc1)C(=O)O. The number of aliphatic hydroxyl groups is 1. The van der Waals surface area contributed by atoms with Gasteiger partial charge in [-0.3, -0.25) is 19.7 Å². The van der Waals surface area contributed by atoms with Gasteiger partial charge in [-0.15, -0.1) is 0 Å². The molecule has 40 heavy (non-hydrogen) atoms. The average molecular weight is 562 g/mol. The number of Topliss-reactive ketones (excluding diaryl/α,β-unsaturated/α-hetero) is 1. The van der Waals surface area contributed by atoms with Crippen molar-refractivity contribution in [1.82, 2.24) is 15.5 Å². The molecule has 1 aromatic rings. The third-order valence-electron chi connectivity index (χ3n) is 7.41. The summed E-state index contributed by atoms with van der Waals surface area (Å²) in [7, 11) is 0. The second-order valence-corrected chi connectivity index (χ2v) is 10.7. The molecule has 2 amide bonds. The van der Waals surface area contributed by atoms with Crippen LogP contribution in [0, 0.1) is 0 Å². The number of phenolic OH excluding ortho intramolecular Hbond substituents is 1. The number of phenols is 1. The van der Waals surface area contributed by atoms with Gasteiger partial charge in [0.2, 0.25) is 11.8 Å². The van der Waals surface area contributed by atoms with Gasteiger partial charge in [0, 0.05) is 19.4 Å². The molecule has 1 saturated heterocycles. The summed E-state index contributed by atoms with van der Waals surface area (Å²) < 4.78 is 0. The van der Waals surface area contributed by atoms with Crippen molar-refractivity contribution in [3.05, 3.63) is 29.8 Å². The summed E-state index contributed by atoms with van der Waals surface area (Å²) in [5, 5.41) is 34.3. The number of hydrogen-bond acceptors (Lipinski definition) is 7. The number of nitrogens with one attached hydrogen (secondary N) is 2. The molecule has 2 rings (SSSR count). The Labute approximate surface area is 237 Å². The fourth-order valence-electron chi connectivity index (χ4n) is 5.03. The lowest BCUT2D eigenvalue weighted by Gasteiger charge is -2.28. The van der Waals surface area contributed by atoms with Crippen LogP contribution in [0.5, 0.6) is 5.75 Å². The summed E-state index contributed by atoms with van der Waals surface area (Å²) in [6.45, 7) is 1.95. The molecule has 1 aromatic carbocycles. The number of ketones is 1. The van der Waals surface area contributed by atoms with E-state index in [-0.39, 0.29) is 24.5 Å². The van der Waals surface area contributed by atoms with Crippen LogP contribution in [0.3, 0.4) is 0 Å². The Morgan fingerprint density at radius 1 is 0.950 bits per heavy atom. The molecule has 5 N–H and O–H groups in total. The first kappa shape index (κ1) is 33.2. The summed E-state index contributed by atoms with van der Waals surface area (Å²) >= 11 is 0. The van der Waals surface area contributed by atoms with E-state index in [1.165, 1.54) is 55.6 Å². The number of carboxylic acid groups (broad SMARTS) is 1. The van der Waals surface area contributed by atoms with E-state index in [4.69, 9.17) is 0 Å². The first-order valence-corrected chi connectivity index (χ1v) is 14.7. The summed E-state index contributed by atoms with van der Waals surface area (Å²) in [6.07, 6.45) is 11.8. The molecule has 0 aromatic heterocycles. The van der Waals surface area contributed by atoms with E-state index in [9.17, 15) is 34.5 Å². The molecule has 0 saturated carbocycles. The van der Waals surface area contributed by atoms with Gasteiger partial charge in [0.15, 0.2) is 0 Å². The maximum Gasteiger partial charge on any atom is 0.326 e. The minimum atomic E-state index is -1.21. The van der Waals surface area contributed by atoms with E-state index < -0.39 is 42.5 Å². The predicted molar refractivity (Wildman–Crippen MR) is 152 cm³/mol. The van der Waals surface area contributed by atoms with Crippen molar-refractivity contribution in [3.8, 4) is 5.75 Å². The summed E-state index contributed by atoms with van der Waals surface area (Å²) in [5.41, 5.74) is 0.626. The van der Waals surface area contributed by atoms with E-state index >= 15 is 0 Å². The van der Waals surface area contributed by atoms with Crippen molar-refractivity contribution in [2.75, 3.05) is 19.7 Å². The van der Waals surface area contributed by atoms with E-state index in [1.54, 1.807) is 12.1 Å². The molecule has 1 fully saturated rings. The second kappa shape index (κ2) is 18.4. The lowest BCUT2D eigenvalue weighted by atomic mass is 10.0. The van der Waals surface area contributed by atoms with E-state index in [0.717, 1.165) is 19.3 Å². The molecule has 10 heteroatoms. The number of unbranched alkanes of at least 4 members (excludes halogenated alkanes) is 8. The van der Waals surface area contributed by atoms with Crippen LogP contribution in [-0.2, 0) is 25.6 Å². The number of rotatable bonds is 20. The van der Waals surface area contributed by atoms with Crippen LogP contribution in [0.15, 0.2) is 24.3 Å². The standard InChI is InChI=1S/C30H47N3O7/c1-2-3-4-5-6-7-8-9-10-12-24(36)20-31-26(21-34)29(38)33-18-11-13-27(33)28(37)32-25(30(39)40)19-22-14-16-23(35)17-15-22/h14-17,25-27,31,34-35H,2-13,18-21H2,1H3,(H,32,37)(H,39,40)/t25-,26-,27-/m0/s1. The third-order valence-corrected chi connectivity index (χ3v) is 7.41. The number of carbonyl (C=O) groups is 4. The van der Waals surface area contributed by atoms with Crippen molar-refractivity contribution in [2.24, 2.45) is 0 Å². The molecular weight excluding hydrogens is 514 g/mol. The van der Waals surface area contributed by atoms with Gasteiger partial charge in [-0.05, 0) is 37.0 Å². The normalized spacial score (nSPS) is 16.4. The number of amides is 2. The Hall–Kier alpha value is -2.98. The molecule has 0 spiro atoms. The third kappa shape index (κ3) is 11.6. The van der Waals surface area contributed by atoms with Crippen LogP contribution in [0.2, 0.25) is 0 Å². The van der Waals surface area contributed by atoms with Gasteiger partial charge in [0.1, 0.15) is 29.7 Å². The Kier molecular flexibility index (Phi) is 15.3. The molecule has 0 bridgehead atoms. The lowest BCUT2D eigenvalue weighted by molar-refractivity contribution is -0.144. The largest absolute Gasteiger partial charge is 0.508 e. The Bertz CT molecular complexity index is 938. The zero-order chi connectivity index (χ0) is 29.3. The lowest BCUT2D eigenvalue weighted by Crippen LogP contribution is -2.56. The quantitative estimate of drug-likeness (QED) is 0.152. The molecule has 3 atom stereocenters. The maximum absolute atomic E-state index is 13.1. The number of aromatic hydroxyl groups is 1. The second-order valence-electron chi connectivity index (χ2n) is 10.7. The minimum absolute atomic E-state index is 0.0178. The van der Waals surface area contributed by atoms with E-state index in [2.05, 4.69) is 17.6 Å². The number of likely N-dealkylation sites (tertiary alicyclic amines) is 1. The van der Waals surface area contributed by atoms with Crippen LogP contribution in [0.4, 0.5) is 0 Å². The maximum atomic E-state index is 13.1. The molecule has 0 aliphatic carbocycles. The first-order valence-electron chi connectivity index (χ1n) is 14.7. The van der Waals surface area contributed by atoms with Gasteiger partial charge < -0.3 is 25.5 Å². The van der Waals surface area contributed by atoms with Gasteiger partial charge >= 0.3 is 5.97 Å². The van der Waals surface area contributed by atoms with Gasteiger partial charge in [-0.25, -0.2) is 4.79 Å². The number of aliphatic hydroxyl groups excluding tert-OH is 1. The monoisotopic (exact) mass is 561 g/mol. The zero-order valence-electron chi connectivity index (χ0n) is 23.8. The number of carboxylic acids is 1. The van der Waals surface area contributed by atoms with Crippen molar-refractivity contribution < 1.29 is 34.5 Å². The molecular formula is C30H47N3O7. The molecule has 224 valence electrons. The molecule has 0 unspecified atom stereocenters. The Balaban J connectivity index is 1.79. The number of carbonyl (C=O) groups excluding carboxylic acids is 3. The van der Waals surface area contributed by atoms with Gasteiger partial charge in [0.05, 0.1) is 13.2 Å². The number of hydrogen-bond donors (Lipinski definition) is 5. The van der Waals surface area contributed by atoms with Gasteiger partial charge in [-0.2, -0.15) is 0 Å². The molecule has 10 nitrogen and oxygen atoms in total. The van der Waals surface area contributed by atoms with Crippen molar-refractivity contribution in [2.45, 2.75) is 109 Å². The van der Waals surface area contributed by atoms with Crippen molar-refractivity contribution in [3.63, 3.8) is 0 Å². The van der Waals surface area contributed by atoms with Crippen LogP contribution in [0.25, 0.3) is 0 Å². The van der Waals surface area contributed by atoms with Gasteiger partial charge in [-0.1, -0.05) is 70.4 Å². The highest BCUT2D eigenvalue weighted by molar-refractivity contribution is 5.92. The minimum Gasteiger partial charge on any atom is -0.508 e. The van der Waals surface area contributed by atoms with Crippen LogP contribution < -0.4 is 10.6 Å². The van der Waals surface area contributed by atoms with Crippen molar-refractivity contribution >= 4 is 23.6 Å². The Morgan fingerprint density at radius 3 is 2.17 bits per heavy atom. The Morgan fingerprint density at radius 2 is 1.57 bits per heavy atom. The van der Waals surface area contributed by atoms with Gasteiger partial charge in [0.25, 0.3) is 0 Å². The van der Waals surface area contributed by atoms with Crippen LogP contribution >= 0.6 is 0 Å². The fraction of sp³-hybridized carbons (Fsp3) is 0.667. The van der Waals surface area contributed by atoms with E-state index in [1.807, 2.05) is 0 Å². The summed E-state index contributed by atoms with van der Waals surface area (Å²) in [6, 6.07) is 2.96. The number of aliphatic carboxylic acids is 1. The predicted octanol–water partition coefficient (Wildman–Crippen LogP) is 2.94. The molecule has 1 aliphatic heterocycles. The molecule has 1 heterocycles. The van der Waals surface area contributed by atoms with Crippen LogP contribution in [-0.4, -0.2) is 81.6 Å². The summed E-state index contributed by atoms with van der Waals surface area (Å²) in [5.74, 6) is -2.24. The van der Waals surface area contributed by atoms with Crippen LogP contribution in [0.1, 0.15) is 89.5 Å². The highest BCUT2D eigenvalue weighted by atomic mass is 16.4. The molecule has 1 aliphatic rings.